The van der Waals surface area contributed by atoms with E-state index in [9.17, 15) is 0 Å². The van der Waals surface area contributed by atoms with Crippen LogP contribution in [0.3, 0.4) is 0 Å². The molecule has 2 heteroatoms. The summed E-state index contributed by atoms with van der Waals surface area (Å²) in [5.74, 6) is 0. The van der Waals surface area contributed by atoms with Gasteiger partial charge in [0.15, 0.2) is 0 Å². The summed E-state index contributed by atoms with van der Waals surface area (Å²) in [5, 5.41) is 1.31. The second-order valence-corrected chi connectivity index (χ2v) is 6.34. The van der Waals surface area contributed by atoms with Gasteiger partial charge in [-0.25, -0.2) is 0 Å². The van der Waals surface area contributed by atoms with Crippen molar-refractivity contribution in [3.05, 3.63) is 60.7 Å². The van der Waals surface area contributed by atoms with Gasteiger partial charge in [-0.05, 0) is 17.7 Å². The van der Waals surface area contributed by atoms with Gasteiger partial charge in [-0.3, -0.25) is 0 Å². The van der Waals surface area contributed by atoms with E-state index in [4.69, 9.17) is 4.74 Å². The molecule has 21 heavy (non-hydrogen) atoms. The molecule has 0 amide bonds. The fourth-order valence-electron chi connectivity index (χ4n) is 3.15. The molecular weight excluding hydrogens is 258 g/mol. The number of fused-ring (bicyclic) bond motifs is 1. The van der Waals surface area contributed by atoms with E-state index in [1.54, 1.807) is 0 Å². The van der Waals surface area contributed by atoms with E-state index in [0.29, 0.717) is 0 Å². The maximum absolute atomic E-state index is 5.43. The molecule has 0 N–H and O–H groups in total. The first kappa shape index (κ1) is 12.7. The number of ether oxygens (including phenoxy) is 1. The third-order valence-corrected chi connectivity index (χ3v) is 4.32. The van der Waals surface area contributed by atoms with Gasteiger partial charge in [0, 0.05) is 28.6 Å². The Morgan fingerprint density at radius 1 is 1.00 bits per heavy atom. The summed E-state index contributed by atoms with van der Waals surface area (Å²) in [6, 6.07) is 21.6. The summed E-state index contributed by atoms with van der Waals surface area (Å²) >= 11 is 0. The predicted molar refractivity (Wildman–Crippen MR) is 86.3 cm³/mol. The quantitative estimate of drug-likeness (QED) is 0.694. The van der Waals surface area contributed by atoms with E-state index >= 15 is 0 Å². The molecule has 1 fully saturated rings. The fraction of sp³-hybridized carbons (Fsp3) is 0.263. The first-order chi connectivity index (χ1) is 10.3. The Morgan fingerprint density at radius 3 is 2.43 bits per heavy atom. The van der Waals surface area contributed by atoms with Gasteiger partial charge in [0.2, 0.25) is 0 Å². The Hall–Kier alpha value is -2.06. The Kier molecular flexibility index (Phi) is 2.86. The minimum atomic E-state index is 0.255. The number of rotatable bonds is 3. The van der Waals surface area contributed by atoms with Crippen molar-refractivity contribution in [2.75, 3.05) is 13.2 Å². The zero-order valence-corrected chi connectivity index (χ0v) is 12.3. The van der Waals surface area contributed by atoms with Crippen molar-refractivity contribution in [2.24, 2.45) is 5.41 Å². The molecule has 4 rings (SSSR count). The molecule has 0 unspecified atom stereocenters. The molecule has 1 aromatic heterocycles. The van der Waals surface area contributed by atoms with Crippen LogP contribution in [0.5, 0.6) is 0 Å². The molecule has 2 aromatic carbocycles. The first-order valence-electron chi connectivity index (χ1n) is 7.47. The van der Waals surface area contributed by atoms with Crippen LogP contribution in [0.4, 0.5) is 0 Å². The zero-order valence-electron chi connectivity index (χ0n) is 12.3. The highest BCUT2D eigenvalue weighted by Gasteiger charge is 2.34. The van der Waals surface area contributed by atoms with Gasteiger partial charge in [0.1, 0.15) is 0 Å². The first-order valence-corrected chi connectivity index (χ1v) is 7.47. The third-order valence-electron chi connectivity index (χ3n) is 4.32. The Morgan fingerprint density at radius 2 is 1.71 bits per heavy atom. The average Bonchev–Trinajstić information content (AvgIpc) is 2.85. The van der Waals surface area contributed by atoms with Crippen LogP contribution in [0.1, 0.15) is 6.92 Å². The minimum absolute atomic E-state index is 0.255. The normalized spacial score (nSPS) is 16.8. The largest absolute Gasteiger partial charge is 0.380 e. The number of benzene rings is 2. The molecule has 0 atom stereocenters. The Labute approximate surface area is 125 Å². The van der Waals surface area contributed by atoms with Gasteiger partial charge in [-0.1, -0.05) is 55.5 Å². The molecule has 1 aliphatic rings. The fourth-order valence-corrected chi connectivity index (χ4v) is 3.15. The van der Waals surface area contributed by atoms with Crippen molar-refractivity contribution in [2.45, 2.75) is 13.5 Å². The number of aromatic nitrogens is 1. The van der Waals surface area contributed by atoms with Crippen LogP contribution in [0.2, 0.25) is 0 Å². The maximum atomic E-state index is 5.43. The van der Waals surface area contributed by atoms with E-state index in [-0.39, 0.29) is 5.41 Å². The summed E-state index contributed by atoms with van der Waals surface area (Å²) in [7, 11) is 0. The van der Waals surface area contributed by atoms with E-state index < -0.39 is 0 Å². The zero-order chi connectivity index (χ0) is 14.3. The number of hydrogen-bond acceptors (Lipinski definition) is 1. The van der Waals surface area contributed by atoms with Gasteiger partial charge >= 0.3 is 0 Å². The van der Waals surface area contributed by atoms with Gasteiger partial charge in [-0.2, -0.15) is 0 Å². The predicted octanol–water partition coefficient (Wildman–Crippen LogP) is 4.34. The van der Waals surface area contributed by atoms with Crippen LogP contribution in [0.25, 0.3) is 22.2 Å². The molecule has 2 heterocycles. The van der Waals surface area contributed by atoms with Crippen molar-refractivity contribution in [3.63, 3.8) is 0 Å². The van der Waals surface area contributed by atoms with E-state index in [2.05, 4.69) is 72.2 Å². The lowest BCUT2D eigenvalue weighted by atomic mass is 9.88. The average molecular weight is 277 g/mol. The van der Waals surface area contributed by atoms with Gasteiger partial charge < -0.3 is 9.30 Å². The SMILES string of the molecule is CC1(Cn2c(-c3ccccc3)cc3ccccc32)COC1. The standard InChI is InChI=1S/C19H19NO/c1-19(13-21-14-19)12-20-17-10-6-5-9-16(17)11-18(20)15-7-3-2-4-8-15/h2-11H,12-14H2,1H3. The number of para-hydroxylation sites is 1. The molecule has 106 valence electrons. The number of hydrogen-bond donors (Lipinski definition) is 0. The Balaban J connectivity index is 1.89. The van der Waals surface area contributed by atoms with Crippen molar-refractivity contribution >= 4 is 10.9 Å². The van der Waals surface area contributed by atoms with Crippen molar-refractivity contribution in [3.8, 4) is 11.3 Å². The molecule has 0 saturated carbocycles. The smallest absolute Gasteiger partial charge is 0.0559 e. The van der Waals surface area contributed by atoms with Crippen LogP contribution < -0.4 is 0 Å². The molecule has 0 aliphatic carbocycles. The van der Waals surface area contributed by atoms with Crippen LogP contribution >= 0.6 is 0 Å². The number of nitrogens with zero attached hydrogens (tertiary/aromatic N) is 1. The minimum Gasteiger partial charge on any atom is -0.380 e. The maximum Gasteiger partial charge on any atom is 0.0559 e. The second-order valence-electron chi connectivity index (χ2n) is 6.34. The molecule has 3 aromatic rings. The lowest BCUT2D eigenvalue weighted by molar-refractivity contribution is -0.109. The highest BCUT2D eigenvalue weighted by atomic mass is 16.5. The summed E-state index contributed by atoms with van der Waals surface area (Å²) in [6.45, 7) is 5.02. The summed E-state index contributed by atoms with van der Waals surface area (Å²) in [5.41, 5.74) is 4.14. The lowest BCUT2D eigenvalue weighted by Crippen LogP contribution is -2.43. The molecule has 0 spiro atoms. The van der Waals surface area contributed by atoms with E-state index in [0.717, 1.165) is 19.8 Å². The topological polar surface area (TPSA) is 14.2 Å². The summed E-state index contributed by atoms with van der Waals surface area (Å²) < 4.78 is 7.88. The van der Waals surface area contributed by atoms with Crippen molar-refractivity contribution in [1.82, 2.24) is 4.57 Å². The highest BCUT2D eigenvalue weighted by molar-refractivity contribution is 5.87. The van der Waals surface area contributed by atoms with Crippen LogP contribution in [-0.4, -0.2) is 17.8 Å². The van der Waals surface area contributed by atoms with Crippen molar-refractivity contribution in [1.29, 1.82) is 0 Å². The molecule has 1 saturated heterocycles. The highest BCUT2D eigenvalue weighted by Crippen LogP contribution is 2.34. The monoisotopic (exact) mass is 277 g/mol. The van der Waals surface area contributed by atoms with Crippen LogP contribution in [0, 0.1) is 5.41 Å². The van der Waals surface area contributed by atoms with Gasteiger partial charge in [0.05, 0.1) is 13.2 Å². The molecule has 0 radical (unpaired) electrons. The molecule has 1 aliphatic heterocycles. The van der Waals surface area contributed by atoms with E-state index in [1.165, 1.54) is 22.2 Å². The summed E-state index contributed by atoms with van der Waals surface area (Å²) in [4.78, 5) is 0. The molecule has 2 nitrogen and oxygen atoms in total. The Bertz CT molecular complexity index is 769. The van der Waals surface area contributed by atoms with Gasteiger partial charge in [-0.15, -0.1) is 0 Å². The summed E-state index contributed by atoms with van der Waals surface area (Å²) in [6.07, 6.45) is 0. The van der Waals surface area contributed by atoms with E-state index in [1.807, 2.05) is 0 Å². The van der Waals surface area contributed by atoms with Crippen molar-refractivity contribution < 1.29 is 4.74 Å². The molecule has 0 bridgehead atoms. The van der Waals surface area contributed by atoms with Crippen LogP contribution in [0.15, 0.2) is 60.7 Å². The van der Waals surface area contributed by atoms with Crippen LogP contribution in [-0.2, 0) is 11.3 Å². The third kappa shape index (κ3) is 2.16. The second kappa shape index (κ2) is 4.74. The van der Waals surface area contributed by atoms with Gasteiger partial charge in [0.25, 0.3) is 0 Å². The lowest BCUT2D eigenvalue weighted by Gasteiger charge is -2.39. The molecular formula is C19H19NO.